The lowest BCUT2D eigenvalue weighted by Gasteiger charge is -2.28. The zero-order valence-electron chi connectivity index (χ0n) is 16.0. The summed E-state index contributed by atoms with van der Waals surface area (Å²) in [5.41, 5.74) is 0.0469. The smallest absolute Gasteiger partial charge is 0.258 e. The zero-order valence-corrected chi connectivity index (χ0v) is 16.8. The van der Waals surface area contributed by atoms with Gasteiger partial charge in [-0.25, -0.2) is 0 Å². The fraction of sp³-hybridized carbons (Fsp3) is 0.429. The first-order valence-electron chi connectivity index (χ1n) is 9.45. The number of benzene rings is 1. The van der Waals surface area contributed by atoms with Crippen LogP contribution in [0.25, 0.3) is 0 Å². The molecule has 1 aliphatic rings. The van der Waals surface area contributed by atoms with Gasteiger partial charge in [0.25, 0.3) is 5.91 Å². The molecule has 28 heavy (non-hydrogen) atoms. The molecule has 0 bridgehead atoms. The third-order valence-corrected chi connectivity index (χ3v) is 6.22. The van der Waals surface area contributed by atoms with Gasteiger partial charge in [-0.15, -0.1) is 11.3 Å². The van der Waals surface area contributed by atoms with E-state index in [2.05, 4.69) is 28.1 Å². The molecule has 1 aromatic heterocycles. The van der Waals surface area contributed by atoms with Gasteiger partial charge in [0.05, 0.1) is 13.7 Å². The number of carbonyl (C=O) groups is 2. The molecule has 2 amide bonds. The van der Waals surface area contributed by atoms with Gasteiger partial charge < -0.3 is 20.1 Å². The van der Waals surface area contributed by atoms with Crippen LogP contribution in [0.5, 0.6) is 11.5 Å². The van der Waals surface area contributed by atoms with Crippen LogP contribution in [0.4, 0.5) is 0 Å². The Labute approximate surface area is 169 Å². The fourth-order valence-corrected chi connectivity index (χ4v) is 4.51. The van der Waals surface area contributed by atoms with Crippen LogP contribution in [-0.4, -0.2) is 38.6 Å². The molecule has 1 aliphatic carbocycles. The summed E-state index contributed by atoms with van der Waals surface area (Å²) in [5, 5.41) is 7.68. The van der Waals surface area contributed by atoms with Crippen LogP contribution < -0.4 is 20.1 Å². The minimum absolute atomic E-state index is 0.0469. The van der Waals surface area contributed by atoms with Crippen LogP contribution in [0.15, 0.2) is 41.8 Å². The van der Waals surface area contributed by atoms with Crippen molar-refractivity contribution in [2.45, 2.75) is 31.1 Å². The topological polar surface area (TPSA) is 76.7 Å². The van der Waals surface area contributed by atoms with E-state index in [0.29, 0.717) is 12.3 Å². The number of nitrogens with one attached hydrogen (secondary N) is 2. The van der Waals surface area contributed by atoms with E-state index >= 15 is 0 Å². The van der Waals surface area contributed by atoms with Crippen molar-refractivity contribution in [3.05, 3.63) is 46.7 Å². The first-order valence-corrected chi connectivity index (χ1v) is 10.3. The largest absolute Gasteiger partial charge is 0.497 e. The van der Waals surface area contributed by atoms with E-state index in [-0.39, 0.29) is 30.4 Å². The van der Waals surface area contributed by atoms with Crippen molar-refractivity contribution in [1.82, 2.24) is 10.6 Å². The Morgan fingerprint density at radius 1 is 1.04 bits per heavy atom. The molecule has 2 N–H and O–H groups in total. The molecule has 2 aromatic rings. The van der Waals surface area contributed by atoms with Crippen LogP contribution in [-0.2, 0) is 15.0 Å². The number of methoxy groups -OCH3 is 1. The molecule has 150 valence electrons. The number of ether oxygens (including phenoxy) is 2. The lowest BCUT2D eigenvalue weighted by molar-refractivity contribution is -0.127. The van der Waals surface area contributed by atoms with Crippen LogP contribution in [0.3, 0.4) is 0 Å². The summed E-state index contributed by atoms with van der Waals surface area (Å²) in [6.07, 6.45) is 4.56. The van der Waals surface area contributed by atoms with E-state index < -0.39 is 0 Å². The van der Waals surface area contributed by atoms with Gasteiger partial charge >= 0.3 is 0 Å². The van der Waals surface area contributed by atoms with Crippen molar-refractivity contribution in [2.75, 3.05) is 26.8 Å². The predicted molar refractivity (Wildman–Crippen MR) is 109 cm³/mol. The van der Waals surface area contributed by atoms with Crippen molar-refractivity contribution in [2.24, 2.45) is 0 Å². The van der Waals surface area contributed by atoms with Crippen molar-refractivity contribution >= 4 is 23.2 Å². The number of rotatable bonds is 9. The number of carbonyl (C=O) groups excluding carboxylic acids is 2. The van der Waals surface area contributed by atoms with E-state index in [4.69, 9.17) is 9.47 Å². The Kier molecular flexibility index (Phi) is 6.92. The fourth-order valence-electron chi connectivity index (χ4n) is 3.52. The molecule has 0 spiro atoms. The normalized spacial score (nSPS) is 15.0. The van der Waals surface area contributed by atoms with E-state index in [1.165, 1.54) is 17.7 Å². The van der Waals surface area contributed by atoms with Gasteiger partial charge in [-0.1, -0.05) is 18.9 Å². The molecule has 3 rings (SSSR count). The molecule has 1 heterocycles. The molecular weight excluding hydrogens is 376 g/mol. The lowest BCUT2D eigenvalue weighted by Crippen LogP contribution is -2.44. The average molecular weight is 403 g/mol. The maximum Gasteiger partial charge on any atom is 0.258 e. The van der Waals surface area contributed by atoms with Gasteiger partial charge in [-0.3, -0.25) is 9.59 Å². The summed E-state index contributed by atoms with van der Waals surface area (Å²) in [4.78, 5) is 25.4. The molecule has 0 unspecified atom stereocenters. The lowest BCUT2D eigenvalue weighted by atomic mass is 9.84. The highest BCUT2D eigenvalue weighted by molar-refractivity contribution is 7.10. The van der Waals surface area contributed by atoms with E-state index in [0.717, 1.165) is 18.6 Å². The number of hydrogen-bond donors (Lipinski definition) is 2. The quantitative estimate of drug-likeness (QED) is 0.676. The molecule has 0 saturated heterocycles. The van der Waals surface area contributed by atoms with Crippen molar-refractivity contribution in [3.63, 3.8) is 0 Å². The molecular formula is C21H26N2O4S. The minimum Gasteiger partial charge on any atom is -0.497 e. The number of hydrogen-bond acceptors (Lipinski definition) is 5. The summed E-state index contributed by atoms with van der Waals surface area (Å²) in [6, 6.07) is 11.2. The SMILES string of the molecule is COc1ccc(OCC(=O)NCC(=O)NCC2(c3cccs3)CCCC2)cc1. The first kappa shape index (κ1) is 20.2. The monoisotopic (exact) mass is 402 g/mol. The van der Waals surface area contributed by atoms with Gasteiger partial charge in [0.15, 0.2) is 6.61 Å². The Morgan fingerprint density at radius 2 is 1.75 bits per heavy atom. The Morgan fingerprint density at radius 3 is 2.39 bits per heavy atom. The summed E-state index contributed by atoms with van der Waals surface area (Å²) < 4.78 is 10.5. The molecule has 1 aromatic carbocycles. The van der Waals surface area contributed by atoms with Crippen molar-refractivity contribution in [3.8, 4) is 11.5 Å². The second-order valence-corrected chi connectivity index (χ2v) is 7.93. The second kappa shape index (κ2) is 9.59. The van der Waals surface area contributed by atoms with Gasteiger partial charge in [0.1, 0.15) is 11.5 Å². The Hall–Kier alpha value is -2.54. The first-order chi connectivity index (χ1) is 13.6. The maximum atomic E-state index is 12.2. The number of thiophene rings is 1. The molecule has 1 saturated carbocycles. The highest BCUT2D eigenvalue weighted by atomic mass is 32.1. The second-order valence-electron chi connectivity index (χ2n) is 6.98. The third kappa shape index (κ3) is 5.25. The van der Waals surface area contributed by atoms with E-state index in [1.54, 1.807) is 42.7 Å². The summed E-state index contributed by atoms with van der Waals surface area (Å²) in [6.45, 7) is 0.425. The Bertz CT molecular complexity index is 768. The zero-order chi connectivity index (χ0) is 19.8. The molecule has 1 fully saturated rings. The average Bonchev–Trinajstić information content (AvgIpc) is 3.42. The molecule has 6 nitrogen and oxygen atoms in total. The van der Waals surface area contributed by atoms with Gasteiger partial charge in [-0.05, 0) is 48.6 Å². The van der Waals surface area contributed by atoms with Gasteiger partial charge in [0, 0.05) is 16.8 Å². The number of amides is 2. The third-order valence-electron chi connectivity index (χ3n) is 5.10. The molecule has 0 aliphatic heterocycles. The predicted octanol–water partition coefficient (Wildman–Crippen LogP) is 2.88. The molecule has 0 atom stereocenters. The summed E-state index contributed by atoms with van der Waals surface area (Å²) >= 11 is 1.75. The van der Waals surface area contributed by atoms with E-state index in [9.17, 15) is 9.59 Å². The highest BCUT2D eigenvalue weighted by Gasteiger charge is 2.36. The highest BCUT2D eigenvalue weighted by Crippen LogP contribution is 2.42. The van der Waals surface area contributed by atoms with Crippen molar-refractivity contribution in [1.29, 1.82) is 0 Å². The molecule has 0 radical (unpaired) electrons. The Balaban J connectivity index is 1.39. The van der Waals surface area contributed by atoms with Crippen molar-refractivity contribution < 1.29 is 19.1 Å². The van der Waals surface area contributed by atoms with Crippen LogP contribution in [0.1, 0.15) is 30.6 Å². The summed E-state index contributed by atoms with van der Waals surface area (Å²) in [5.74, 6) is 0.774. The van der Waals surface area contributed by atoms with Crippen LogP contribution in [0.2, 0.25) is 0 Å². The van der Waals surface area contributed by atoms with Crippen LogP contribution >= 0.6 is 11.3 Å². The van der Waals surface area contributed by atoms with Gasteiger partial charge in [0.2, 0.25) is 5.91 Å². The van der Waals surface area contributed by atoms with E-state index in [1.807, 2.05) is 0 Å². The summed E-state index contributed by atoms with van der Waals surface area (Å²) in [7, 11) is 1.59. The van der Waals surface area contributed by atoms with Crippen LogP contribution in [0, 0.1) is 0 Å². The minimum atomic E-state index is -0.334. The maximum absolute atomic E-state index is 12.2. The standard InChI is InChI=1S/C21H26N2O4S/c1-26-16-6-8-17(9-7-16)27-14-20(25)22-13-19(24)23-15-21(10-2-3-11-21)18-5-4-12-28-18/h4-9,12H,2-3,10-11,13-15H2,1H3,(H,22,25)(H,23,24). The van der Waals surface area contributed by atoms with Gasteiger partial charge in [-0.2, -0.15) is 0 Å². The molecule has 7 heteroatoms.